The van der Waals surface area contributed by atoms with Crippen LogP contribution in [0.1, 0.15) is 49.7 Å². The molecule has 0 aliphatic carbocycles. The maximum atomic E-state index is 13.8. The van der Waals surface area contributed by atoms with Gasteiger partial charge >= 0.3 is 6.09 Å². The van der Waals surface area contributed by atoms with E-state index in [0.29, 0.717) is 11.3 Å². The highest BCUT2D eigenvalue weighted by Crippen LogP contribution is 2.19. The first-order valence-corrected chi connectivity index (χ1v) is 8.41. The topological polar surface area (TPSA) is 67.4 Å². The predicted octanol–water partition coefficient (Wildman–Crippen LogP) is 4.80. The summed E-state index contributed by atoms with van der Waals surface area (Å²) < 4.78 is 32.2. The van der Waals surface area contributed by atoms with Gasteiger partial charge in [0.25, 0.3) is 5.91 Å². The third-order valence-corrected chi connectivity index (χ3v) is 3.56. The number of anilines is 1. The third kappa shape index (κ3) is 6.06. The third-order valence-electron chi connectivity index (χ3n) is 3.56. The van der Waals surface area contributed by atoms with Gasteiger partial charge in [0.15, 0.2) is 0 Å². The second-order valence-corrected chi connectivity index (χ2v) is 7.07. The Morgan fingerprint density at radius 3 is 2.26 bits per heavy atom. The van der Waals surface area contributed by atoms with E-state index in [1.807, 2.05) is 0 Å². The van der Waals surface area contributed by atoms with Gasteiger partial charge in [0.1, 0.15) is 17.2 Å². The Bertz CT molecular complexity index is 830. The van der Waals surface area contributed by atoms with Crippen LogP contribution in [0.25, 0.3) is 0 Å². The van der Waals surface area contributed by atoms with Crippen LogP contribution in [-0.2, 0) is 4.74 Å². The van der Waals surface area contributed by atoms with Crippen molar-refractivity contribution in [2.75, 3.05) is 5.32 Å². The molecule has 2 aromatic rings. The van der Waals surface area contributed by atoms with E-state index in [0.717, 1.165) is 18.2 Å². The molecule has 0 spiro atoms. The van der Waals surface area contributed by atoms with Gasteiger partial charge in [0.05, 0.1) is 6.04 Å². The largest absolute Gasteiger partial charge is 0.444 e. The highest BCUT2D eigenvalue weighted by molar-refractivity contribution is 5.95. The van der Waals surface area contributed by atoms with Crippen molar-refractivity contribution in [3.8, 4) is 0 Å². The van der Waals surface area contributed by atoms with Crippen LogP contribution in [0.3, 0.4) is 0 Å². The molecule has 0 saturated carbocycles. The minimum atomic E-state index is -0.715. The van der Waals surface area contributed by atoms with Crippen molar-refractivity contribution in [3.63, 3.8) is 0 Å². The lowest BCUT2D eigenvalue weighted by Crippen LogP contribution is -2.28. The lowest BCUT2D eigenvalue weighted by molar-refractivity contribution is 0.0635. The summed E-state index contributed by atoms with van der Waals surface area (Å²) in [6.07, 6.45) is -0.602. The first kappa shape index (κ1) is 20.4. The Kier molecular flexibility index (Phi) is 6.15. The van der Waals surface area contributed by atoms with Crippen molar-refractivity contribution >= 4 is 17.7 Å². The average molecular weight is 376 g/mol. The SMILES string of the molecule is CC(NC(=O)c1ccc(NC(=O)OC(C)(C)C)cc1)c1cc(F)ccc1F. The van der Waals surface area contributed by atoms with Crippen LogP contribution in [0.4, 0.5) is 19.3 Å². The molecule has 2 amide bonds. The number of hydrogen-bond donors (Lipinski definition) is 2. The van der Waals surface area contributed by atoms with Crippen LogP contribution in [0, 0.1) is 11.6 Å². The van der Waals surface area contributed by atoms with Crippen molar-refractivity contribution < 1.29 is 23.1 Å². The molecule has 0 aromatic heterocycles. The first-order valence-electron chi connectivity index (χ1n) is 8.41. The smallest absolute Gasteiger partial charge is 0.412 e. The van der Waals surface area contributed by atoms with E-state index in [1.165, 1.54) is 12.1 Å². The molecular weight excluding hydrogens is 354 g/mol. The number of hydrogen-bond acceptors (Lipinski definition) is 3. The van der Waals surface area contributed by atoms with Crippen molar-refractivity contribution in [3.05, 3.63) is 65.2 Å². The molecule has 7 heteroatoms. The molecule has 144 valence electrons. The van der Waals surface area contributed by atoms with Gasteiger partial charge in [0, 0.05) is 16.8 Å². The van der Waals surface area contributed by atoms with Gasteiger partial charge in [-0.1, -0.05) is 0 Å². The summed E-state index contributed by atoms with van der Waals surface area (Å²) >= 11 is 0. The number of nitrogens with one attached hydrogen (secondary N) is 2. The van der Waals surface area contributed by atoms with E-state index in [1.54, 1.807) is 39.8 Å². The Hall–Kier alpha value is -2.96. The fraction of sp³-hybridized carbons (Fsp3) is 0.300. The van der Waals surface area contributed by atoms with Gasteiger partial charge in [-0.3, -0.25) is 10.1 Å². The maximum absolute atomic E-state index is 13.8. The number of ether oxygens (including phenoxy) is 1. The van der Waals surface area contributed by atoms with Crippen LogP contribution in [0.15, 0.2) is 42.5 Å². The Balaban J connectivity index is 2.01. The summed E-state index contributed by atoms with van der Waals surface area (Å²) in [6, 6.07) is 8.49. The first-order chi connectivity index (χ1) is 12.5. The monoisotopic (exact) mass is 376 g/mol. The summed E-state index contributed by atoms with van der Waals surface area (Å²) in [5.41, 5.74) is 0.219. The van der Waals surface area contributed by atoms with Crippen molar-refractivity contribution in [1.29, 1.82) is 0 Å². The van der Waals surface area contributed by atoms with Crippen LogP contribution in [-0.4, -0.2) is 17.6 Å². The molecule has 27 heavy (non-hydrogen) atoms. The van der Waals surface area contributed by atoms with Gasteiger partial charge in [-0.2, -0.15) is 0 Å². The zero-order valence-corrected chi connectivity index (χ0v) is 15.6. The highest BCUT2D eigenvalue weighted by Gasteiger charge is 2.17. The molecule has 2 aromatic carbocycles. The van der Waals surface area contributed by atoms with Crippen molar-refractivity contribution in [2.24, 2.45) is 0 Å². The number of rotatable bonds is 4. The Morgan fingerprint density at radius 1 is 1.04 bits per heavy atom. The molecule has 2 N–H and O–H groups in total. The second kappa shape index (κ2) is 8.16. The van der Waals surface area contributed by atoms with Gasteiger partial charge < -0.3 is 10.1 Å². The van der Waals surface area contributed by atoms with Gasteiger partial charge in [-0.05, 0) is 70.2 Å². The maximum Gasteiger partial charge on any atom is 0.412 e. The molecular formula is C20H22F2N2O3. The molecule has 0 aliphatic heterocycles. The molecule has 5 nitrogen and oxygen atoms in total. The fourth-order valence-corrected chi connectivity index (χ4v) is 2.33. The van der Waals surface area contributed by atoms with E-state index < -0.39 is 35.3 Å². The number of amides is 2. The van der Waals surface area contributed by atoms with Crippen LogP contribution < -0.4 is 10.6 Å². The molecule has 0 heterocycles. The quantitative estimate of drug-likeness (QED) is 0.805. The van der Waals surface area contributed by atoms with Gasteiger partial charge in [-0.15, -0.1) is 0 Å². The minimum absolute atomic E-state index is 0.0616. The Morgan fingerprint density at radius 2 is 1.67 bits per heavy atom. The van der Waals surface area contributed by atoms with Gasteiger partial charge in [0.2, 0.25) is 0 Å². The molecule has 1 unspecified atom stereocenters. The van der Waals surface area contributed by atoms with E-state index in [-0.39, 0.29) is 5.56 Å². The van der Waals surface area contributed by atoms with Crippen LogP contribution in [0.5, 0.6) is 0 Å². The van der Waals surface area contributed by atoms with E-state index in [9.17, 15) is 18.4 Å². The molecule has 0 aliphatic rings. The highest BCUT2D eigenvalue weighted by atomic mass is 19.1. The fourth-order valence-electron chi connectivity index (χ4n) is 2.33. The zero-order valence-electron chi connectivity index (χ0n) is 15.6. The standard InChI is InChI=1S/C20H22F2N2O3/c1-12(16-11-14(21)7-10-17(16)22)23-18(25)13-5-8-15(9-6-13)24-19(26)27-20(2,3)4/h5-12H,1-4H3,(H,23,25)(H,24,26). The molecule has 0 saturated heterocycles. The second-order valence-electron chi connectivity index (χ2n) is 7.07. The number of carbonyl (C=O) groups is 2. The molecule has 2 rings (SSSR count). The van der Waals surface area contributed by atoms with Crippen LogP contribution in [0.2, 0.25) is 0 Å². The lowest BCUT2D eigenvalue weighted by Gasteiger charge is -2.19. The van der Waals surface area contributed by atoms with Gasteiger partial charge in [-0.25, -0.2) is 13.6 Å². The zero-order chi connectivity index (χ0) is 20.2. The summed E-state index contributed by atoms with van der Waals surface area (Å²) in [5.74, 6) is -1.62. The summed E-state index contributed by atoms with van der Waals surface area (Å²) in [4.78, 5) is 24.0. The van der Waals surface area contributed by atoms with Crippen LogP contribution >= 0.6 is 0 Å². The number of benzene rings is 2. The summed E-state index contributed by atoms with van der Waals surface area (Å²) in [6.45, 7) is 6.82. The molecule has 0 bridgehead atoms. The van der Waals surface area contributed by atoms with E-state index in [4.69, 9.17) is 4.74 Å². The molecule has 1 atom stereocenters. The number of halogens is 2. The summed E-state index contributed by atoms with van der Waals surface area (Å²) in [7, 11) is 0. The van der Waals surface area contributed by atoms with E-state index >= 15 is 0 Å². The predicted molar refractivity (Wildman–Crippen MR) is 98.5 cm³/mol. The average Bonchev–Trinajstić information content (AvgIpc) is 2.55. The number of carbonyl (C=O) groups excluding carboxylic acids is 2. The molecule has 0 fully saturated rings. The molecule has 0 radical (unpaired) electrons. The normalized spacial score (nSPS) is 12.2. The summed E-state index contributed by atoms with van der Waals surface area (Å²) in [5, 5.41) is 5.17. The Labute approximate surface area is 156 Å². The minimum Gasteiger partial charge on any atom is -0.444 e. The van der Waals surface area contributed by atoms with Crippen molar-refractivity contribution in [1.82, 2.24) is 5.32 Å². The van der Waals surface area contributed by atoms with E-state index in [2.05, 4.69) is 10.6 Å². The lowest BCUT2D eigenvalue weighted by atomic mass is 10.1. The van der Waals surface area contributed by atoms with Crippen molar-refractivity contribution in [2.45, 2.75) is 39.3 Å².